The van der Waals surface area contributed by atoms with Crippen molar-refractivity contribution in [1.29, 1.82) is 0 Å². The summed E-state index contributed by atoms with van der Waals surface area (Å²) in [6, 6.07) is 0.197. The lowest BCUT2D eigenvalue weighted by molar-refractivity contribution is 0.0643. The van der Waals surface area contributed by atoms with Gasteiger partial charge in [0.05, 0.1) is 0 Å². The lowest BCUT2D eigenvalue weighted by Crippen LogP contribution is -2.56. The number of nitrogens with zero attached hydrogens (tertiary/aromatic N) is 2. The Morgan fingerprint density at radius 1 is 1.12 bits per heavy atom. The van der Waals surface area contributed by atoms with Gasteiger partial charge in [-0.3, -0.25) is 15.5 Å². The molecule has 16 heavy (non-hydrogen) atoms. The second kappa shape index (κ2) is 5.47. The Labute approximate surface area is 95.5 Å². The number of hydroxylamine groups is 1. The van der Waals surface area contributed by atoms with E-state index in [0.717, 1.165) is 32.2 Å². The van der Waals surface area contributed by atoms with Crippen LogP contribution < -0.4 is 10.9 Å². The fraction of sp³-hybridized carbons (Fsp3) is 0.900. The fourth-order valence-corrected chi connectivity index (χ4v) is 2.64. The third-order valence-electron chi connectivity index (χ3n) is 3.52. The molecule has 0 unspecified atom stereocenters. The van der Waals surface area contributed by atoms with Crippen molar-refractivity contribution in [2.45, 2.75) is 31.7 Å². The lowest BCUT2D eigenvalue weighted by Gasteiger charge is -2.37. The molecule has 1 aliphatic heterocycles. The maximum atomic E-state index is 10.9. The zero-order chi connectivity index (χ0) is 11.4. The summed E-state index contributed by atoms with van der Waals surface area (Å²) < 4.78 is 0. The quantitative estimate of drug-likeness (QED) is 0.465. The number of piperazine rings is 1. The van der Waals surface area contributed by atoms with Gasteiger partial charge in [0, 0.05) is 32.2 Å². The van der Waals surface area contributed by atoms with Gasteiger partial charge >= 0.3 is 6.03 Å². The molecule has 92 valence electrons. The fourth-order valence-electron chi connectivity index (χ4n) is 2.64. The minimum absolute atomic E-state index is 0.561. The van der Waals surface area contributed by atoms with E-state index in [1.807, 2.05) is 5.01 Å². The van der Waals surface area contributed by atoms with Crippen LogP contribution in [0.15, 0.2) is 0 Å². The molecule has 6 nitrogen and oxygen atoms in total. The average molecular weight is 228 g/mol. The van der Waals surface area contributed by atoms with E-state index < -0.39 is 6.03 Å². The van der Waals surface area contributed by atoms with Crippen LogP contribution in [0.25, 0.3) is 0 Å². The molecular formula is C10H20N4O2. The van der Waals surface area contributed by atoms with Crippen LogP contribution >= 0.6 is 0 Å². The number of carbonyl (C=O) groups excluding carboxylic acids is 1. The van der Waals surface area contributed by atoms with Gasteiger partial charge < -0.3 is 0 Å². The Kier molecular flexibility index (Phi) is 3.98. The molecule has 2 fully saturated rings. The van der Waals surface area contributed by atoms with Crippen molar-refractivity contribution in [3.8, 4) is 0 Å². The lowest BCUT2D eigenvalue weighted by atomic mass is 10.2. The monoisotopic (exact) mass is 228 g/mol. The molecule has 2 amide bonds. The van der Waals surface area contributed by atoms with Crippen LogP contribution in [0.4, 0.5) is 4.79 Å². The van der Waals surface area contributed by atoms with Gasteiger partial charge in [-0.15, -0.1) is 0 Å². The summed E-state index contributed by atoms with van der Waals surface area (Å²) in [6.45, 7) is 3.64. The highest BCUT2D eigenvalue weighted by atomic mass is 16.5. The van der Waals surface area contributed by atoms with Crippen molar-refractivity contribution < 1.29 is 10.0 Å². The second-order valence-electron chi connectivity index (χ2n) is 4.51. The molecule has 0 aromatic heterocycles. The average Bonchev–Trinajstić information content (AvgIpc) is 2.83. The summed E-state index contributed by atoms with van der Waals surface area (Å²) in [4.78, 5) is 13.4. The summed E-state index contributed by atoms with van der Waals surface area (Å²) in [5, 5.41) is 10.2. The predicted molar refractivity (Wildman–Crippen MR) is 58.9 cm³/mol. The summed E-state index contributed by atoms with van der Waals surface area (Å²) in [5.74, 6) is 0. The van der Waals surface area contributed by atoms with Crippen molar-refractivity contribution >= 4 is 6.03 Å². The first-order valence-electron chi connectivity index (χ1n) is 5.99. The van der Waals surface area contributed by atoms with Crippen molar-refractivity contribution in [1.82, 2.24) is 20.8 Å². The molecule has 1 saturated heterocycles. The highest BCUT2D eigenvalue weighted by Crippen LogP contribution is 2.23. The summed E-state index contributed by atoms with van der Waals surface area (Å²) in [5.41, 5.74) is 4.16. The number of hydrogen-bond acceptors (Lipinski definition) is 4. The van der Waals surface area contributed by atoms with Gasteiger partial charge in [-0.1, -0.05) is 12.8 Å². The molecule has 0 aromatic rings. The Balaban J connectivity index is 1.71. The molecule has 2 aliphatic rings. The molecule has 1 heterocycles. The van der Waals surface area contributed by atoms with E-state index in [4.69, 9.17) is 5.21 Å². The molecular weight excluding hydrogens is 208 g/mol. The molecule has 0 radical (unpaired) electrons. The molecule has 2 rings (SSSR count). The van der Waals surface area contributed by atoms with Crippen LogP contribution in [0.2, 0.25) is 0 Å². The Morgan fingerprint density at radius 3 is 2.31 bits per heavy atom. The first kappa shape index (κ1) is 11.6. The van der Waals surface area contributed by atoms with Gasteiger partial charge in [0.15, 0.2) is 0 Å². The van der Waals surface area contributed by atoms with Crippen LogP contribution in [-0.4, -0.2) is 53.4 Å². The minimum atomic E-state index is -0.561. The summed E-state index contributed by atoms with van der Waals surface area (Å²) >= 11 is 0. The van der Waals surface area contributed by atoms with Gasteiger partial charge in [-0.25, -0.2) is 15.3 Å². The van der Waals surface area contributed by atoms with Crippen LogP contribution in [0.5, 0.6) is 0 Å². The normalized spacial score (nSPS) is 24.6. The molecule has 0 aromatic carbocycles. The molecule has 0 bridgehead atoms. The second-order valence-corrected chi connectivity index (χ2v) is 4.51. The highest BCUT2D eigenvalue weighted by Gasteiger charge is 2.26. The number of rotatable bonds is 2. The zero-order valence-corrected chi connectivity index (χ0v) is 9.48. The van der Waals surface area contributed by atoms with Crippen LogP contribution in [0.3, 0.4) is 0 Å². The number of hydrogen-bond donors (Lipinski definition) is 3. The first-order valence-corrected chi connectivity index (χ1v) is 5.99. The van der Waals surface area contributed by atoms with E-state index in [-0.39, 0.29) is 0 Å². The molecule has 0 spiro atoms. The first-order chi connectivity index (χ1) is 7.79. The number of amides is 2. The maximum absolute atomic E-state index is 10.9. The van der Waals surface area contributed by atoms with E-state index in [1.165, 1.54) is 25.7 Å². The van der Waals surface area contributed by atoms with Crippen molar-refractivity contribution in [2.24, 2.45) is 0 Å². The minimum Gasteiger partial charge on any atom is -0.298 e. The molecule has 0 atom stereocenters. The number of hydrazine groups is 1. The van der Waals surface area contributed by atoms with Gasteiger partial charge in [-0.2, -0.15) is 0 Å². The number of carbonyl (C=O) groups is 1. The van der Waals surface area contributed by atoms with E-state index >= 15 is 0 Å². The zero-order valence-electron chi connectivity index (χ0n) is 9.48. The van der Waals surface area contributed by atoms with Crippen molar-refractivity contribution in [3.05, 3.63) is 0 Å². The molecule has 1 saturated carbocycles. The van der Waals surface area contributed by atoms with E-state index in [2.05, 4.69) is 10.3 Å². The summed E-state index contributed by atoms with van der Waals surface area (Å²) in [6.07, 6.45) is 5.36. The maximum Gasteiger partial charge on any atom is 0.353 e. The summed E-state index contributed by atoms with van der Waals surface area (Å²) in [7, 11) is 0. The van der Waals surface area contributed by atoms with Gasteiger partial charge in [0.1, 0.15) is 0 Å². The molecule has 6 heteroatoms. The van der Waals surface area contributed by atoms with E-state index in [1.54, 1.807) is 5.48 Å². The SMILES string of the molecule is O=C(NO)NN1CCN(C2CCCC2)CC1. The largest absolute Gasteiger partial charge is 0.353 e. The van der Waals surface area contributed by atoms with E-state index in [0.29, 0.717) is 0 Å². The van der Waals surface area contributed by atoms with Crippen molar-refractivity contribution in [3.63, 3.8) is 0 Å². The number of nitrogens with one attached hydrogen (secondary N) is 2. The van der Waals surface area contributed by atoms with Crippen LogP contribution in [0.1, 0.15) is 25.7 Å². The molecule has 1 aliphatic carbocycles. The Bertz CT molecular complexity index is 235. The number of urea groups is 1. The van der Waals surface area contributed by atoms with Gasteiger partial charge in [0.25, 0.3) is 0 Å². The highest BCUT2D eigenvalue weighted by molar-refractivity contribution is 5.71. The molecule has 3 N–H and O–H groups in total. The third-order valence-corrected chi connectivity index (χ3v) is 3.52. The predicted octanol–water partition coefficient (Wildman–Crippen LogP) is 0.150. The third kappa shape index (κ3) is 2.84. The smallest absolute Gasteiger partial charge is 0.298 e. The van der Waals surface area contributed by atoms with E-state index in [9.17, 15) is 4.79 Å². The van der Waals surface area contributed by atoms with Gasteiger partial charge in [0.2, 0.25) is 0 Å². The Morgan fingerprint density at radius 2 is 1.75 bits per heavy atom. The Hall–Kier alpha value is -0.850. The van der Waals surface area contributed by atoms with Crippen LogP contribution in [-0.2, 0) is 0 Å². The van der Waals surface area contributed by atoms with Gasteiger partial charge in [-0.05, 0) is 12.8 Å². The van der Waals surface area contributed by atoms with Crippen molar-refractivity contribution in [2.75, 3.05) is 26.2 Å². The topological polar surface area (TPSA) is 67.8 Å². The standard InChI is InChI=1S/C10H20N4O2/c15-10(12-16)11-14-7-5-13(6-8-14)9-3-1-2-4-9/h9,16H,1-8H2,(H2,11,12,15). The van der Waals surface area contributed by atoms with Crippen LogP contribution in [0, 0.1) is 0 Å².